The number of hydrogen-bond donors (Lipinski definition) is 3. The van der Waals surface area contributed by atoms with Crippen LogP contribution >= 0.6 is 12.4 Å². The molecule has 0 aromatic heterocycles. The van der Waals surface area contributed by atoms with Crippen molar-refractivity contribution in [2.24, 2.45) is 5.41 Å². The molecule has 6 heteroatoms. The number of rotatable bonds is 4. The molecule has 1 unspecified atom stereocenters. The van der Waals surface area contributed by atoms with Gasteiger partial charge in [-0.2, -0.15) is 0 Å². The molecule has 0 aliphatic carbocycles. The fraction of sp³-hybridized carbons (Fsp3) is 0.500. The van der Waals surface area contributed by atoms with Crippen LogP contribution in [0.2, 0.25) is 0 Å². The topological polar surface area (TPSA) is 70.2 Å². The second-order valence-electron chi connectivity index (χ2n) is 5.90. The first-order valence-corrected chi connectivity index (χ1v) is 7.35. The Bertz CT molecular complexity index is 511. The van der Waals surface area contributed by atoms with E-state index in [1.807, 2.05) is 31.2 Å². The van der Waals surface area contributed by atoms with Gasteiger partial charge in [0.1, 0.15) is 0 Å². The van der Waals surface area contributed by atoms with Crippen molar-refractivity contribution in [2.75, 3.05) is 18.4 Å². The molecule has 0 radical (unpaired) electrons. The Labute approximate surface area is 137 Å². The predicted molar refractivity (Wildman–Crippen MR) is 90.1 cm³/mol. The molecule has 2 rings (SSSR count). The number of nitrogens with one attached hydrogen (secondary N) is 3. The summed E-state index contributed by atoms with van der Waals surface area (Å²) in [6, 6.07) is 7.50. The number of amides is 2. The average Bonchev–Trinajstić information content (AvgIpc) is 2.46. The van der Waals surface area contributed by atoms with E-state index in [1.165, 1.54) is 6.92 Å². The summed E-state index contributed by atoms with van der Waals surface area (Å²) in [5.41, 5.74) is 1.47. The van der Waals surface area contributed by atoms with E-state index in [4.69, 9.17) is 0 Å². The van der Waals surface area contributed by atoms with Crippen molar-refractivity contribution in [2.45, 2.75) is 33.2 Å². The number of benzene rings is 1. The van der Waals surface area contributed by atoms with Crippen molar-refractivity contribution >= 4 is 29.9 Å². The minimum atomic E-state index is -0.311. The van der Waals surface area contributed by atoms with Gasteiger partial charge in [-0.05, 0) is 44.0 Å². The lowest BCUT2D eigenvalue weighted by Crippen LogP contribution is -2.48. The van der Waals surface area contributed by atoms with E-state index in [0.717, 1.165) is 37.2 Å². The van der Waals surface area contributed by atoms with Crippen LogP contribution in [0.1, 0.15) is 32.3 Å². The van der Waals surface area contributed by atoms with Gasteiger partial charge in [0.25, 0.3) is 0 Å². The summed E-state index contributed by atoms with van der Waals surface area (Å²) < 4.78 is 0. The molecular formula is C16H24ClN3O2. The summed E-state index contributed by atoms with van der Waals surface area (Å²) in [6.45, 7) is 5.73. The van der Waals surface area contributed by atoms with E-state index >= 15 is 0 Å². The van der Waals surface area contributed by atoms with Crippen LogP contribution in [0.25, 0.3) is 0 Å². The van der Waals surface area contributed by atoms with Gasteiger partial charge in [0.2, 0.25) is 11.8 Å². The number of piperidine rings is 1. The van der Waals surface area contributed by atoms with Gasteiger partial charge < -0.3 is 16.0 Å². The van der Waals surface area contributed by atoms with Crippen molar-refractivity contribution in [1.82, 2.24) is 10.6 Å². The lowest BCUT2D eigenvalue weighted by molar-refractivity contribution is -0.131. The van der Waals surface area contributed by atoms with Gasteiger partial charge in [-0.3, -0.25) is 9.59 Å². The third kappa shape index (κ3) is 5.00. The zero-order chi connectivity index (χ0) is 15.3. The number of hydrogen-bond acceptors (Lipinski definition) is 3. The molecule has 122 valence electrons. The Balaban J connectivity index is 0.00000242. The molecule has 1 heterocycles. The normalized spacial score (nSPS) is 20.6. The highest BCUT2D eigenvalue weighted by Crippen LogP contribution is 2.25. The highest BCUT2D eigenvalue weighted by Gasteiger charge is 2.34. The fourth-order valence-corrected chi connectivity index (χ4v) is 2.55. The molecule has 0 saturated carbocycles. The summed E-state index contributed by atoms with van der Waals surface area (Å²) in [6.07, 6.45) is 1.96. The lowest BCUT2D eigenvalue weighted by Gasteiger charge is -2.32. The molecule has 2 amide bonds. The Morgan fingerprint density at radius 2 is 1.95 bits per heavy atom. The molecule has 1 aliphatic heterocycles. The second-order valence-corrected chi connectivity index (χ2v) is 5.90. The van der Waals surface area contributed by atoms with Gasteiger partial charge in [-0.25, -0.2) is 0 Å². The first-order chi connectivity index (χ1) is 9.99. The first-order valence-electron chi connectivity index (χ1n) is 7.35. The van der Waals surface area contributed by atoms with E-state index < -0.39 is 0 Å². The van der Waals surface area contributed by atoms with Crippen LogP contribution in [0.5, 0.6) is 0 Å². The van der Waals surface area contributed by atoms with Crippen LogP contribution in [-0.2, 0) is 16.1 Å². The van der Waals surface area contributed by atoms with Crippen LogP contribution in [0.4, 0.5) is 5.69 Å². The van der Waals surface area contributed by atoms with E-state index in [9.17, 15) is 9.59 Å². The van der Waals surface area contributed by atoms with E-state index in [0.29, 0.717) is 6.54 Å². The third-order valence-electron chi connectivity index (χ3n) is 3.87. The van der Waals surface area contributed by atoms with Crippen LogP contribution in [0.3, 0.4) is 0 Å². The third-order valence-corrected chi connectivity index (χ3v) is 3.87. The average molecular weight is 326 g/mol. The highest BCUT2D eigenvalue weighted by atomic mass is 35.5. The Morgan fingerprint density at radius 3 is 2.50 bits per heavy atom. The molecule has 1 aromatic carbocycles. The van der Waals surface area contributed by atoms with Crippen LogP contribution < -0.4 is 16.0 Å². The van der Waals surface area contributed by atoms with Crippen molar-refractivity contribution in [3.8, 4) is 0 Å². The lowest BCUT2D eigenvalue weighted by atomic mass is 9.82. The summed E-state index contributed by atoms with van der Waals surface area (Å²) in [4.78, 5) is 23.2. The Kier molecular flexibility index (Phi) is 6.84. The molecular weight excluding hydrogens is 302 g/mol. The van der Waals surface area contributed by atoms with Crippen LogP contribution in [0.15, 0.2) is 24.3 Å². The molecule has 1 aliphatic rings. The monoisotopic (exact) mass is 325 g/mol. The van der Waals surface area contributed by atoms with E-state index in [-0.39, 0.29) is 29.6 Å². The Hall–Kier alpha value is -1.59. The zero-order valence-electron chi connectivity index (χ0n) is 13.1. The summed E-state index contributed by atoms with van der Waals surface area (Å²) >= 11 is 0. The molecule has 0 bridgehead atoms. The fourth-order valence-electron chi connectivity index (χ4n) is 2.55. The summed E-state index contributed by atoms with van der Waals surface area (Å²) in [5.74, 6) is 0.00872. The van der Waals surface area contributed by atoms with Gasteiger partial charge in [0.15, 0.2) is 0 Å². The maximum absolute atomic E-state index is 12.3. The molecule has 1 saturated heterocycles. The second kappa shape index (κ2) is 8.15. The smallest absolute Gasteiger partial charge is 0.227 e. The van der Waals surface area contributed by atoms with Crippen molar-refractivity contribution in [3.63, 3.8) is 0 Å². The quantitative estimate of drug-likeness (QED) is 0.793. The van der Waals surface area contributed by atoms with Crippen LogP contribution in [0, 0.1) is 5.41 Å². The SMILES string of the molecule is CC(=O)Nc1ccc(CNC(=O)C2(C)CCCNC2)cc1.Cl. The zero-order valence-corrected chi connectivity index (χ0v) is 13.9. The molecule has 3 N–H and O–H groups in total. The van der Waals surface area contributed by atoms with Crippen molar-refractivity contribution in [3.05, 3.63) is 29.8 Å². The van der Waals surface area contributed by atoms with Crippen LogP contribution in [-0.4, -0.2) is 24.9 Å². The van der Waals surface area contributed by atoms with Crippen molar-refractivity contribution in [1.29, 1.82) is 0 Å². The molecule has 0 spiro atoms. The maximum atomic E-state index is 12.3. The molecule has 1 fully saturated rings. The van der Waals surface area contributed by atoms with E-state index in [1.54, 1.807) is 0 Å². The molecule has 1 aromatic rings. The van der Waals surface area contributed by atoms with E-state index in [2.05, 4.69) is 16.0 Å². The van der Waals surface area contributed by atoms with Gasteiger partial charge in [0, 0.05) is 25.7 Å². The first kappa shape index (κ1) is 18.5. The number of carbonyl (C=O) groups excluding carboxylic acids is 2. The maximum Gasteiger partial charge on any atom is 0.227 e. The number of anilines is 1. The summed E-state index contributed by atoms with van der Waals surface area (Å²) in [5, 5.41) is 9.00. The van der Waals surface area contributed by atoms with Gasteiger partial charge >= 0.3 is 0 Å². The number of carbonyl (C=O) groups is 2. The molecule has 5 nitrogen and oxygen atoms in total. The summed E-state index contributed by atoms with van der Waals surface area (Å²) in [7, 11) is 0. The van der Waals surface area contributed by atoms with Gasteiger partial charge in [-0.15, -0.1) is 12.4 Å². The highest BCUT2D eigenvalue weighted by molar-refractivity contribution is 5.88. The molecule has 22 heavy (non-hydrogen) atoms. The van der Waals surface area contributed by atoms with Gasteiger partial charge in [0.05, 0.1) is 5.41 Å². The molecule has 1 atom stereocenters. The minimum absolute atomic E-state index is 0. The van der Waals surface area contributed by atoms with Crippen molar-refractivity contribution < 1.29 is 9.59 Å². The standard InChI is InChI=1S/C16H23N3O2.ClH/c1-12(20)19-14-6-4-13(5-7-14)10-18-15(21)16(2)8-3-9-17-11-16;/h4-7,17H,3,8-11H2,1-2H3,(H,18,21)(H,19,20);1H. The number of halogens is 1. The minimum Gasteiger partial charge on any atom is -0.352 e. The predicted octanol–water partition coefficient (Wildman–Crippen LogP) is 2.07. The van der Waals surface area contributed by atoms with Gasteiger partial charge in [-0.1, -0.05) is 12.1 Å². The Morgan fingerprint density at radius 1 is 1.27 bits per heavy atom. The largest absolute Gasteiger partial charge is 0.352 e.